The van der Waals surface area contributed by atoms with Gasteiger partial charge in [-0.1, -0.05) is 26.8 Å². The van der Waals surface area contributed by atoms with Gasteiger partial charge in [-0.2, -0.15) is 0 Å². The van der Waals surface area contributed by atoms with E-state index in [0.717, 1.165) is 4.47 Å². The number of carbonyl (C=O) groups is 2. The van der Waals surface area contributed by atoms with Crippen molar-refractivity contribution in [2.24, 2.45) is 11.8 Å². The normalized spacial score (nSPS) is 15.8. The summed E-state index contributed by atoms with van der Waals surface area (Å²) < 4.78 is 6.52. The quantitative estimate of drug-likeness (QED) is 0.452. The summed E-state index contributed by atoms with van der Waals surface area (Å²) in [7, 11) is 0. The van der Waals surface area contributed by atoms with Crippen LogP contribution in [0.5, 0.6) is 5.75 Å². The predicted octanol–water partition coefficient (Wildman–Crippen LogP) is 2.35. The molecule has 0 atom stereocenters. The van der Waals surface area contributed by atoms with Crippen LogP contribution in [0.15, 0.2) is 22.7 Å². The van der Waals surface area contributed by atoms with Crippen molar-refractivity contribution in [1.82, 2.24) is 10.3 Å². The Morgan fingerprint density at radius 3 is 2.48 bits per heavy atom. The van der Waals surface area contributed by atoms with Crippen LogP contribution in [0, 0.1) is 5.92 Å². The van der Waals surface area contributed by atoms with Crippen LogP contribution in [0.1, 0.15) is 39.2 Å². The van der Waals surface area contributed by atoms with Gasteiger partial charge in [-0.15, -0.1) is 0 Å². The molecule has 0 spiro atoms. The maximum Gasteiger partial charge on any atom is 0.260 e. The lowest BCUT2D eigenvalue weighted by atomic mass is 9.87. The van der Waals surface area contributed by atoms with Gasteiger partial charge in [-0.25, -0.2) is 5.84 Å². The molecule has 1 saturated heterocycles. The number of nitrogens with one attached hydrogen (secondary N) is 1. The first kappa shape index (κ1) is 19.7. The standard InChI is InChI=1S/C18H26BrN3O3/c1-18(2,3)13-4-5-15(14(19)10-13)25-11-16(23)22-8-6-12(7-9-22)17(24)21-20/h4-5,10,12H,6-9,11,20H2,1-3H3,(H,21,24). The van der Waals surface area contributed by atoms with E-state index in [1.54, 1.807) is 4.90 Å². The van der Waals surface area contributed by atoms with Gasteiger partial charge in [0.1, 0.15) is 5.75 Å². The molecule has 0 unspecified atom stereocenters. The van der Waals surface area contributed by atoms with Gasteiger partial charge in [-0.05, 0) is 51.9 Å². The Bertz CT molecular complexity index is 635. The number of nitrogens with zero attached hydrogens (tertiary/aromatic N) is 1. The summed E-state index contributed by atoms with van der Waals surface area (Å²) in [4.78, 5) is 25.6. The largest absolute Gasteiger partial charge is 0.483 e. The number of hydrazine groups is 1. The lowest BCUT2D eigenvalue weighted by molar-refractivity contribution is -0.137. The predicted molar refractivity (Wildman–Crippen MR) is 100.0 cm³/mol. The minimum absolute atomic E-state index is 0.0127. The number of piperidine rings is 1. The van der Waals surface area contributed by atoms with Gasteiger partial charge in [0.05, 0.1) is 4.47 Å². The van der Waals surface area contributed by atoms with Crippen molar-refractivity contribution < 1.29 is 14.3 Å². The van der Waals surface area contributed by atoms with Crippen LogP contribution in [0.4, 0.5) is 0 Å². The van der Waals surface area contributed by atoms with E-state index in [4.69, 9.17) is 10.6 Å². The molecule has 1 aliphatic rings. The van der Waals surface area contributed by atoms with Gasteiger partial charge in [0.25, 0.3) is 5.91 Å². The first-order valence-corrected chi connectivity index (χ1v) is 9.22. The summed E-state index contributed by atoms with van der Waals surface area (Å²) in [5, 5.41) is 0. The molecule has 1 heterocycles. The van der Waals surface area contributed by atoms with Gasteiger partial charge >= 0.3 is 0 Å². The van der Waals surface area contributed by atoms with E-state index in [-0.39, 0.29) is 29.8 Å². The van der Waals surface area contributed by atoms with Crippen molar-refractivity contribution in [3.8, 4) is 5.75 Å². The fourth-order valence-corrected chi connectivity index (χ4v) is 3.32. The Hall–Kier alpha value is -1.60. The minimum Gasteiger partial charge on any atom is -0.483 e. The van der Waals surface area contributed by atoms with E-state index in [9.17, 15) is 9.59 Å². The maximum absolute atomic E-state index is 12.3. The highest BCUT2D eigenvalue weighted by Crippen LogP contribution is 2.31. The van der Waals surface area contributed by atoms with E-state index in [1.807, 2.05) is 18.2 Å². The minimum atomic E-state index is -0.161. The highest BCUT2D eigenvalue weighted by atomic mass is 79.9. The van der Waals surface area contributed by atoms with Crippen LogP contribution >= 0.6 is 15.9 Å². The Morgan fingerprint density at radius 1 is 1.32 bits per heavy atom. The summed E-state index contributed by atoms with van der Waals surface area (Å²) in [5.74, 6) is 5.46. The fourth-order valence-electron chi connectivity index (χ4n) is 2.82. The van der Waals surface area contributed by atoms with Crippen LogP contribution in [-0.2, 0) is 15.0 Å². The molecule has 1 aromatic carbocycles. The number of nitrogens with two attached hydrogens (primary N) is 1. The van der Waals surface area contributed by atoms with E-state index in [0.29, 0.717) is 31.7 Å². The van der Waals surface area contributed by atoms with Crippen molar-refractivity contribution in [2.75, 3.05) is 19.7 Å². The second-order valence-corrected chi connectivity index (χ2v) is 8.20. The summed E-state index contributed by atoms with van der Waals surface area (Å²) in [6.45, 7) is 7.52. The third kappa shape index (κ3) is 5.19. The maximum atomic E-state index is 12.3. The van der Waals surface area contributed by atoms with Crippen LogP contribution in [0.25, 0.3) is 0 Å². The molecule has 3 N–H and O–H groups in total. The van der Waals surface area contributed by atoms with E-state index < -0.39 is 0 Å². The van der Waals surface area contributed by atoms with Crippen molar-refractivity contribution in [3.05, 3.63) is 28.2 Å². The Morgan fingerprint density at radius 2 is 1.96 bits per heavy atom. The number of halogens is 1. The molecule has 6 nitrogen and oxygen atoms in total. The van der Waals surface area contributed by atoms with Crippen molar-refractivity contribution in [1.29, 1.82) is 0 Å². The van der Waals surface area contributed by atoms with Crippen LogP contribution in [0.3, 0.4) is 0 Å². The number of rotatable bonds is 4. The molecule has 2 amide bonds. The molecule has 138 valence electrons. The average Bonchev–Trinajstić information content (AvgIpc) is 2.59. The molecule has 0 radical (unpaired) electrons. The summed E-state index contributed by atoms with van der Waals surface area (Å²) >= 11 is 3.51. The third-order valence-electron chi connectivity index (χ3n) is 4.51. The summed E-state index contributed by atoms with van der Waals surface area (Å²) in [6.07, 6.45) is 1.25. The number of likely N-dealkylation sites (tertiary alicyclic amines) is 1. The summed E-state index contributed by atoms with van der Waals surface area (Å²) in [6, 6.07) is 5.92. The van der Waals surface area contributed by atoms with Gasteiger partial charge < -0.3 is 9.64 Å². The fraction of sp³-hybridized carbons (Fsp3) is 0.556. The number of amides is 2. The van der Waals surface area contributed by atoms with Crippen LogP contribution in [0.2, 0.25) is 0 Å². The van der Waals surface area contributed by atoms with Gasteiger partial charge in [0.15, 0.2) is 6.61 Å². The van der Waals surface area contributed by atoms with Crippen molar-refractivity contribution in [2.45, 2.75) is 39.0 Å². The zero-order valence-corrected chi connectivity index (χ0v) is 16.6. The number of ether oxygens (including phenoxy) is 1. The molecular weight excluding hydrogens is 386 g/mol. The summed E-state index contributed by atoms with van der Waals surface area (Å²) in [5.41, 5.74) is 3.42. The molecule has 25 heavy (non-hydrogen) atoms. The average molecular weight is 412 g/mol. The lowest BCUT2D eigenvalue weighted by Crippen LogP contribution is -2.45. The number of carbonyl (C=O) groups excluding carboxylic acids is 2. The van der Waals surface area contributed by atoms with E-state index in [1.165, 1.54) is 5.56 Å². The second kappa shape index (κ2) is 8.19. The second-order valence-electron chi connectivity index (χ2n) is 7.35. The number of hydrogen-bond acceptors (Lipinski definition) is 4. The van der Waals surface area contributed by atoms with Gasteiger partial charge in [0.2, 0.25) is 5.91 Å². The molecule has 0 aromatic heterocycles. The lowest BCUT2D eigenvalue weighted by Gasteiger charge is -2.31. The van der Waals surface area contributed by atoms with E-state index in [2.05, 4.69) is 42.1 Å². The zero-order valence-electron chi connectivity index (χ0n) is 15.0. The molecule has 2 rings (SSSR count). The molecule has 1 aliphatic heterocycles. The molecule has 0 aliphatic carbocycles. The van der Waals surface area contributed by atoms with Crippen LogP contribution < -0.4 is 16.0 Å². The molecular formula is C18H26BrN3O3. The monoisotopic (exact) mass is 411 g/mol. The third-order valence-corrected chi connectivity index (χ3v) is 5.13. The smallest absolute Gasteiger partial charge is 0.260 e. The zero-order chi connectivity index (χ0) is 18.6. The van der Waals surface area contributed by atoms with Crippen LogP contribution in [-0.4, -0.2) is 36.4 Å². The highest BCUT2D eigenvalue weighted by Gasteiger charge is 2.27. The molecule has 7 heteroatoms. The molecule has 0 bridgehead atoms. The molecule has 1 fully saturated rings. The molecule has 0 saturated carbocycles. The van der Waals surface area contributed by atoms with Gasteiger partial charge in [-0.3, -0.25) is 15.0 Å². The number of hydrogen-bond donors (Lipinski definition) is 2. The first-order valence-electron chi connectivity index (χ1n) is 8.43. The number of benzene rings is 1. The van der Waals surface area contributed by atoms with Crippen molar-refractivity contribution >= 4 is 27.7 Å². The highest BCUT2D eigenvalue weighted by molar-refractivity contribution is 9.10. The topological polar surface area (TPSA) is 84.7 Å². The Balaban J connectivity index is 1.88. The van der Waals surface area contributed by atoms with Gasteiger partial charge in [0, 0.05) is 19.0 Å². The SMILES string of the molecule is CC(C)(C)c1ccc(OCC(=O)N2CCC(C(=O)NN)CC2)c(Br)c1. The Labute approximate surface area is 157 Å². The van der Waals surface area contributed by atoms with E-state index >= 15 is 0 Å². The van der Waals surface area contributed by atoms with Crippen molar-refractivity contribution in [3.63, 3.8) is 0 Å². The Kier molecular flexibility index (Phi) is 6.46. The first-order chi connectivity index (χ1) is 11.7. The molecule has 1 aromatic rings.